The lowest BCUT2D eigenvalue weighted by Crippen LogP contribution is -2.56. The summed E-state index contributed by atoms with van der Waals surface area (Å²) in [4.78, 5) is 25.5. The number of cyclic esters (lactones) is 1. The smallest absolute Gasteiger partial charge is 0.336 e. The van der Waals surface area contributed by atoms with Gasteiger partial charge < -0.3 is 14.9 Å². The van der Waals surface area contributed by atoms with Crippen molar-refractivity contribution in [3.8, 4) is 0 Å². The first-order valence-electron chi connectivity index (χ1n) is 12.7. The van der Waals surface area contributed by atoms with E-state index in [4.69, 9.17) is 4.74 Å². The zero-order valence-corrected chi connectivity index (χ0v) is 20.3. The van der Waals surface area contributed by atoms with E-state index in [0.29, 0.717) is 23.8 Å². The Kier molecular flexibility index (Phi) is 5.52. The number of aliphatic hydroxyl groups excluding tert-OH is 2. The molecule has 0 bridgehead atoms. The molecule has 1 heterocycles. The van der Waals surface area contributed by atoms with Crippen LogP contribution in [0.4, 0.5) is 0 Å². The molecular formula is C28H38O5. The summed E-state index contributed by atoms with van der Waals surface area (Å²) in [5, 5.41) is 20.8. The average Bonchev–Trinajstić information content (AvgIpc) is 3.12. The first-order valence-corrected chi connectivity index (χ1v) is 12.7. The third kappa shape index (κ3) is 3.18. The number of hydrogen-bond donors (Lipinski definition) is 2. The van der Waals surface area contributed by atoms with E-state index in [1.54, 1.807) is 6.08 Å². The highest BCUT2D eigenvalue weighted by molar-refractivity contribution is 5.98. The molecule has 0 aromatic heterocycles. The van der Waals surface area contributed by atoms with Gasteiger partial charge in [-0.2, -0.15) is 0 Å². The number of esters is 1. The fraction of sp³-hybridized carbons (Fsp3) is 0.714. The monoisotopic (exact) mass is 454 g/mol. The maximum atomic E-state index is 13.1. The third-order valence-electron chi connectivity index (χ3n) is 10.6. The summed E-state index contributed by atoms with van der Waals surface area (Å²) < 4.78 is 5.82. The van der Waals surface area contributed by atoms with E-state index >= 15 is 0 Å². The first-order chi connectivity index (χ1) is 15.6. The van der Waals surface area contributed by atoms with Crippen molar-refractivity contribution in [2.75, 3.05) is 6.61 Å². The van der Waals surface area contributed by atoms with Crippen molar-refractivity contribution in [1.29, 1.82) is 0 Å². The minimum atomic E-state index is -0.499. The molecule has 0 radical (unpaired) electrons. The Balaban J connectivity index is 1.42. The molecule has 0 amide bonds. The Morgan fingerprint density at radius 1 is 1.18 bits per heavy atom. The molecule has 5 aliphatic rings. The predicted octanol–water partition coefficient (Wildman–Crippen LogP) is 4.14. The summed E-state index contributed by atoms with van der Waals surface area (Å²) in [6, 6.07) is 0. The van der Waals surface area contributed by atoms with Gasteiger partial charge >= 0.3 is 5.97 Å². The van der Waals surface area contributed by atoms with Crippen LogP contribution in [0.1, 0.15) is 66.2 Å². The van der Waals surface area contributed by atoms with Crippen molar-refractivity contribution in [2.45, 2.75) is 78.4 Å². The lowest BCUT2D eigenvalue weighted by Gasteiger charge is -2.58. The molecule has 0 aromatic rings. The van der Waals surface area contributed by atoms with Crippen molar-refractivity contribution in [3.63, 3.8) is 0 Å². The number of ether oxygens (including phenoxy) is 1. The van der Waals surface area contributed by atoms with E-state index < -0.39 is 11.5 Å². The molecule has 5 rings (SSSR count). The number of carbonyl (C=O) groups excluding carboxylic acids is 2. The normalized spacial score (nSPS) is 45.7. The van der Waals surface area contributed by atoms with Crippen LogP contribution < -0.4 is 0 Å². The third-order valence-corrected chi connectivity index (χ3v) is 10.6. The summed E-state index contributed by atoms with van der Waals surface area (Å²) in [5.74, 6) is 1.07. The maximum Gasteiger partial charge on any atom is 0.336 e. The van der Waals surface area contributed by atoms with Gasteiger partial charge in [-0.15, -0.1) is 0 Å². The van der Waals surface area contributed by atoms with Crippen LogP contribution in [0.5, 0.6) is 0 Å². The van der Waals surface area contributed by atoms with Crippen LogP contribution in [0.2, 0.25) is 0 Å². The van der Waals surface area contributed by atoms with Crippen LogP contribution in [0.15, 0.2) is 34.9 Å². The summed E-state index contributed by atoms with van der Waals surface area (Å²) in [5.41, 5.74) is 2.02. The Hall–Kier alpha value is -1.72. The van der Waals surface area contributed by atoms with Crippen molar-refractivity contribution >= 4 is 11.8 Å². The summed E-state index contributed by atoms with van der Waals surface area (Å²) in [6.45, 7) is 8.37. The molecule has 5 heteroatoms. The van der Waals surface area contributed by atoms with E-state index in [1.807, 2.05) is 19.1 Å². The fourth-order valence-electron chi connectivity index (χ4n) is 8.67. The standard InChI is InChI=1S/C28H38O5/c1-15-12-23(33-26(32)18(15)14-29)16(2)19-8-9-20-25-21(10-11-27(19,20)3)28(4)17(13-22(25)30)6-5-7-24(28)31/h5,7,13,16,19-23,25,29-30H,6,8-12,14H2,1-4H3/t16-,19?,20?,21?,22?,23?,25?,27+,28-/m0/s1. The second kappa shape index (κ2) is 7.91. The van der Waals surface area contributed by atoms with Crippen molar-refractivity contribution < 1.29 is 24.5 Å². The Labute approximate surface area is 197 Å². The number of rotatable bonds is 3. The number of carbonyl (C=O) groups is 2. The van der Waals surface area contributed by atoms with Gasteiger partial charge in [0.05, 0.1) is 23.7 Å². The van der Waals surface area contributed by atoms with Crippen molar-refractivity contribution in [2.24, 2.45) is 40.4 Å². The Bertz CT molecular complexity index is 959. The van der Waals surface area contributed by atoms with E-state index in [-0.39, 0.29) is 47.6 Å². The van der Waals surface area contributed by atoms with Crippen LogP contribution in [-0.4, -0.2) is 40.8 Å². The molecule has 2 N–H and O–H groups in total. The zero-order valence-electron chi connectivity index (χ0n) is 20.3. The van der Waals surface area contributed by atoms with Gasteiger partial charge in [-0.05, 0) is 87.0 Å². The van der Waals surface area contributed by atoms with Crippen LogP contribution in [-0.2, 0) is 14.3 Å². The summed E-state index contributed by atoms with van der Waals surface area (Å²) in [7, 11) is 0. The molecule has 1 aliphatic heterocycles. The van der Waals surface area contributed by atoms with Crippen molar-refractivity contribution in [1.82, 2.24) is 0 Å². The highest BCUT2D eigenvalue weighted by Crippen LogP contribution is 2.66. The first kappa shape index (κ1) is 23.0. The lowest BCUT2D eigenvalue weighted by molar-refractivity contribution is -0.153. The van der Waals surface area contributed by atoms with Gasteiger partial charge in [-0.1, -0.05) is 37.1 Å². The maximum absolute atomic E-state index is 13.1. The zero-order chi connectivity index (χ0) is 23.7. The molecule has 180 valence electrons. The SMILES string of the molecule is CC1=C(CO)C(=O)OC([C@@H](C)C2CCC3C4C(O)C=C5CC=CC(=O)[C@]5(C)C4CC[C@@]32C)C1. The number of allylic oxidation sites excluding steroid dienone is 3. The predicted molar refractivity (Wildman–Crippen MR) is 125 cm³/mol. The van der Waals surface area contributed by atoms with E-state index in [2.05, 4.69) is 20.8 Å². The molecule has 0 aromatic carbocycles. The minimum Gasteiger partial charge on any atom is -0.458 e. The van der Waals surface area contributed by atoms with E-state index in [9.17, 15) is 19.8 Å². The number of ketones is 1. The van der Waals surface area contributed by atoms with Crippen molar-refractivity contribution in [3.05, 3.63) is 34.9 Å². The highest BCUT2D eigenvalue weighted by Gasteiger charge is 2.62. The number of aliphatic hydroxyl groups is 2. The topological polar surface area (TPSA) is 83.8 Å². The quantitative estimate of drug-likeness (QED) is 0.495. The second-order valence-electron chi connectivity index (χ2n) is 11.8. The van der Waals surface area contributed by atoms with Gasteiger partial charge in [0.15, 0.2) is 5.78 Å². The molecule has 0 saturated heterocycles. The fourth-order valence-corrected chi connectivity index (χ4v) is 8.67. The van der Waals surface area contributed by atoms with E-state index in [1.165, 1.54) is 0 Å². The molecule has 33 heavy (non-hydrogen) atoms. The second-order valence-corrected chi connectivity index (χ2v) is 11.8. The average molecular weight is 455 g/mol. The van der Waals surface area contributed by atoms with Gasteiger partial charge in [0.1, 0.15) is 6.10 Å². The molecule has 6 unspecified atom stereocenters. The highest BCUT2D eigenvalue weighted by atomic mass is 16.5. The molecule has 2 fully saturated rings. The van der Waals surface area contributed by atoms with Gasteiger partial charge in [-0.3, -0.25) is 4.79 Å². The van der Waals surface area contributed by atoms with Gasteiger partial charge in [0.2, 0.25) is 0 Å². The minimum absolute atomic E-state index is 0.0537. The molecule has 9 atom stereocenters. The van der Waals surface area contributed by atoms with Crippen LogP contribution in [0.25, 0.3) is 0 Å². The van der Waals surface area contributed by atoms with Gasteiger partial charge in [-0.25, -0.2) is 4.79 Å². The largest absolute Gasteiger partial charge is 0.458 e. The van der Waals surface area contributed by atoms with Crippen LogP contribution in [0.3, 0.4) is 0 Å². The Morgan fingerprint density at radius 3 is 2.64 bits per heavy atom. The van der Waals surface area contributed by atoms with Gasteiger partial charge in [0.25, 0.3) is 0 Å². The number of fused-ring (bicyclic) bond motifs is 5. The Morgan fingerprint density at radius 2 is 1.94 bits per heavy atom. The van der Waals surface area contributed by atoms with Crippen LogP contribution in [0, 0.1) is 40.4 Å². The van der Waals surface area contributed by atoms with E-state index in [0.717, 1.165) is 43.3 Å². The molecule has 2 saturated carbocycles. The summed E-state index contributed by atoms with van der Waals surface area (Å²) in [6.07, 6.45) is 10.6. The molecule has 4 aliphatic carbocycles. The molecule has 0 spiro atoms. The van der Waals surface area contributed by atoms with Crippen LogP contribution >= 0.6 is 0 Å². The lowest BCUT2D eigenvalue weighted by atomic mass is 9.46. The summed E-state index contributed by atoms with van der Waals surface area (Å²) >= 11 is 0. The number of hydrogen-bond acceptors (Lipinski definition) is 5. The van der Waals surface area contributed by atoms with Gasteiger partial charge in [0, 0.05) is 6.42 Å². The molecule has 5 nitrogen and oxygen atoms in total. The molecular weight excluding hydrogens is 416 g/mol.